The molecule has 1 aliphatic rings. The van der Waals surface area contributed by atoms with Gasteiger partial charge in [0.05, 0.1) is 12.2 Å². The van der Waals surface area contributed by atoms with Gasteiger partial charge in [-0.15, -0.1) is 0 Å². The summed E-state index contributed by atoms with van der Waals surface area (Å²) in [5.74, 6) is 1.11. The molecule has 118 valence electrons. The summed E-state index contributed by atoms with van der Waals surface area (Å²) in [6, 6.07) is -0.0511. The zero-order valence-corrected chi connectivity index (χ0v) is 14.5. The molecule has 0 aromatic heterocycles. The molecule has 0 aliphatic carbocycles. The molecule has 4 unspecified atom stereocenters. The number of hydrogen-bond donors (Lipinski definition) is 1. The maximum Gasteiger partial charge on any atom is 0.241 e. The van der Waals surface area contributed by atoms with Crippen molar-refractivity contribution in [2.24, 2.45) is 11.8 Å². The van der Waals surface area contributed by atoms with Gasteiger partial charge in [0, 0.05) is 28.9 Å². The molecule has 0 bridgehead atoms. The zero-order chi connectivity index (χ0) is 15.4. The Morgan fingerprint density at radius 2 is 1.85 bits per heavy atom. The minimum Gasteiger partial charge on any atom is -0.325 e. The van der Waals surface area contributed by atoms with Crippen molar-refractivity contribution in [3.63, 3.8) is 0 Å². The van der Waals surface area contributed by atoms with Crippen LogP contribution in [0.5, 0.6) is 0 Å². The number of hydrogen-bond acceptors (Lipinski definition) is 3. The SMILES string of the molecule is CC(C)CC1NC(C(C)C)N(CCC(C)S(C)=O)C1=O. The summed E-state index contributed by atoms with van der Waals surface area (Å²) in [4.78, 5) is 14.5. The number of amides is 1. The lowest BCUT2D eigenvalue weighted by atomic mass is 10.0. The van der Waals surface area contributed by atoms with Gasteiger partial charge >= 0.3 is 0 Å². The molecule has 1 rings (SSSR count). The van der Waals surface area contributed by atoms with Crippen LogP contribution in [0.15, 0.2) is 0 Å². The lowest BCUT2D eigenvalue weighted by Crippen LogP contribution is -2.42. The molecule has 1 heterocycles. The van der Waals surface area contributed by atoms with Gasteiger partial charge in [-0.2, -0.15) is 0 Å². The Kier molecular flexibility index (Phi) is 6.65. The maximum atomic E-state index is 12.5. The van der Waals surface area contributed by atoms with Crippen LogP contribution < -0.4 is 5.32 Å². The summed E-state index contributed by atoms with van der Waals surface area (Å²) in [6.45, 7) is 11.2. The summed E-state index contributed by atoms with van der Waals surface area (Å²) >= 11 is 0. The van der Waals surface area contributed by atoms with Gasteiger partial charge in [0.15, 0.2) is 0 Å². The van der Waals surface area contributed by atoms with Crippen LogP contribution in [0.1, 0.15) is 47.5 Å². The van der Waals surface area contributed by atoms with Gasteiger partial charge in [-0.25, -0.2) is 0 Å². The fraction of sp³-hybridized carbons (Fsp3) is 0.933. The molecule has 5 heteroatoms. The number of carbonyl (C=O) groups excluding carboxylic acids is 1. The van der Waals surface area contributed by atoms with E-state index in [4.69, 9.17) is 0 Å². The van der Waals surface area contributed by atoms with Crippen molar-refractivity contribution < 1.29 is 9.00 Å². The van der Waals surface area contributed by atoms with Gasteiger partial charge in [-0.05, 0) is 24.7 Å². The zero-order valence-electron chi connectivity index (χ0n) is 13.7. The van der Waals surface area contributed by atoms with E-state index in [2.05, 4.69) is 33.0 Å². The molecule has 4 nitrogen and oxygen atoms in total. The average Bonchev–Trinajstić information content (AvgIpc) is 2.63. The molecular weight excluding hydrogens is 272 g/mol. The molecule has 1 aliphatic heterocycles. The van der Waals surface area contributed by atoms with Crippen LogP contribution in [0.2, 0.25) is 0 Å². The first kappa shape index (κ1) is 17.6. The fourth-order valence-corrected chi connectivity index (χ4v) is 3.07. The molecule has 0 radical (unpaired) electrons. The lowest BCUT2D eigenvalue weighted by molar-refractivity contribution is -0.130. The first-order chi connectivity index (χ1) is 9.23. The summed E-state index contributed by atoms with van der Waals surface area (Å²) in [6.07, 6.45) is 3.53. The molecule has 4 atom stereocenters. The van der Waals surface area contributed by atoms with Crippen molar-refractivity contribution in [3.05, 3.63) is 0 Å². The van der Waals surface area contributed by atoms with Crippen LogP contribution in [0, 0.1) is 11.8 Å². The highest BCUT2D eigenvalue weighted by atomic mass is 32.2. The second-order valence-electron chi connectivity index (χ2n) is 6.67. The minimum atomic E-state index is -0.820. The Hall–Kier alpha value is -0.420. The molecule has 1 N–H and O–H groups in total. The summed E-state index contributed by atoms with van der Waals surface area (Å²) in [7, 11) is -0.820. The molecule has 1 amide bonds. The van der Waals surface area contributed by atoms with Crippen molar-refractivity contribution in [1.29, 1.82) is 0 Å². The van der Waals surface area contributed by atoms with Crippen LogP contribution in [0.25, 0.3) is 0 Å². The van der Waals surface area contributed by atoms with Gasteiger partial charge in [0.1, 0.15) is 0 Å². The van der Waals surface area contributed by atoms with Crippen LogP contribution in [0.4, 0.5) is 0 Å². The third-order valence-electron chi connectivity index (χ3n) is 3.97. The predicted molar refractivity (Wildman–Crippen MR) is 84.9 cm³/mol. The lowest BCUT2D eigenvalue weighted by Gasteiger charge is -2.28. The van der Waals surface area contributed by atoms with Crippen LogP contribution in [0.3, 0.4) is 0 Å². The molecular formula is C15H30N2O2S. The Morgan fingerprint density at radius 1 is 1.25 bits per heavy atom. The van der Waals surface area contributed by atoms with E-state index in [1.54, 1.807) is 6.26 Å². The van der Waals surface area contributed by atoms with E-state index in [0.717, 1.165) is 12.8 Å². The van der Waals surface area contributed by atoms with Gasteiger partial charge in [-0.3, -0.25) is 14.3 Å². The van der Waals surface area contributed by atoms with Crippen molar-refractivity contribution in [3.8, 4) is 0 Å². The van der Waals surface area contributed by atoms with Crippen molar-refractivity contribution in [2.75, 3.05) is 12.8 Å². The number of nitrogens with one attached hydrogen (secondary N) is 1. The Balaban J connectivity index is 2.69. The molecule has 20 heavy (non-hydrogen) atoms. The first-order valence-electron chi connectivity index (χ1n) is 7.62. The molecule has 0 spiro atoms. The number of rotatable bonds is 7. The van der Waals surface area contributed by atoms with E-state index in [-0.39, 0.29) is 23.4 Å². The number of nitrogens with zero attached hydrogens (tertiary/aromatic N) is 1. The summed E-state index contributed by atoms with van der Waals surface area (Å²) in [5, 5.41) is 3.61. The minimum absolute atomic E-state index is 0.0511. The van der Waals surface area contributed by atoms with E-state index in [9.17, 15) is 9.00 Å². The maximum absolute atomic E-state index is 12.5. The number of carbonyl (C=O) groups is 1. The molecule has 0 aromatic rings. The van der Waals surface area contributed by atoms with Crippen LogP contribution >= 0.6 is 0 Å². The Labute approximate surface area is 126 Å². The van der Waals surface area contributed by atoms with E-state index in [1.807, 2.05) is 11.8 Å². The second-order valence-corrected chi connectivity index (χ2v) is 8.47. The monoisotopic (exact) mass is 302 g/mol. The van der Waals surface area contributed by atoms with Gasteiger partial charge in [0.25, 0.3) is 0 Å². The average molecular weight is 302 g/mol. The highest BCUT2D eigenvalue weighted by Crippen LogP contribution is 2.22. The standard InChI is InChI=1S/C15H30N2O2S/c1-10(2)9-13-15(18)17(14(16-13)11(3)4)8-7-12(5)20(6)19/h10-14,16H,7-9H2,1-6H3. The van der Waals surface area contributed by atoms with E-state index >= 15 is 0 Å². The van der Waals surface area contributed by atoms with Crippen molar-refractivity contribution in [1.82, 2.24) is 10.2 Å². The van der Waals surface area contributed by atoms with Crippen LogP contribution in [-0.4, -0.2) is 45.3 Å². The third-order valence-corrected chi connectivity index (χ3v) is 5.34. The summed E-state index contributed by atoms with van der Waals surface area (Å²) in [5.41, 5.74) is 0. The Bertz CT molecular complexity index is 358. The molecule has 0 saturated carbocycles. The van der Waals surface area contributed by atoms with Crippen LogP contribution in [-0.2, 0) is 15.6 Å². The first-order valence-corrected chi connectivity index (χ1v) is 9.24. The van der Waals surface area contributed by atoms with Crippen molar-refractivity contribution >= 4 is 16.7 Å². The van der Waals surface area contributed by atoms with E-state index in [0.29, 0.717) is 18.4 Å². The van der Waals surface area contributed by atoms with Crippen molar-refractivity contribution in [2.45, 2.75) is 64.9 Å². The second kappa shape index (κ2) is 7.55. The Morgan fingerprint density at radius 3 is 2.30 bits per heavy atom. The highest BCUT2D eigenvalue weighted by molar-refractivity contribution is 7.84. The van der Waals surface area contributed by atoms with E-state index < -0.39 is 10.8 Å². The van der Waals surface area contributed by atoms with Gasteiger partial charge in [0.2, 0.25) is 5.91 Å². The fourth-order valence-electron chi connectivity index (χ4n) is 2.63. The molecule has 0 aromatic carbocycles. The normalized spacial score (nSPS) is 26.6. The smallest absolute Gasteiger partial charge is 0.241 e. The third kappa shape index (κ3) is 4.55. The topological polar surface area (TPSA) is 49.4 Å². The van der Waals surface area contributed by atoms with E-state index in [1.165, 1.54) is 0 Å². The quantitative estimate of drug-likeness (QED) is 0.782. The predicted octanol–water partition coefficient (Wildman–Crippen LogP) is 1.97. The highest BCUT2D eigenvalue weighted by Gasteiger charge is 2.39. The summed E-state index contributed by atoms with van der Waals surface area (Å²) < 4.78 is 11.4. The largest absolute Gasteiger partial charge is 0.325 e. The molecule has 1 saturated heterocycles. The van der Waals surface area contributed by atoms with Gasteiger partial charge in [-0.1, -0.05) is 34.6 Å². The van der Waals surface area contributed by atoms with Gasteiger partial charge < -0.3 is 4.90 Å². The molecule has 1 fully saturated rings.